The number of aliphatic hydroxyl groups is 1. The lowest BCUT2D eigenvalue weighted by molar-refractivity contribution is 0.234. The van der Waals surface area contributed by atoms with Gasteiger partial charge in [0, 0.05) is 18.1 Å². The standard InChI is InChI=1S/C10H13ClN2O3/c11-7-2-3-9(16-5-1-4-14)8(6-7)13-10(12)15/h2-3,6,14H,1,4-5H2,(H3,12,13,15). The molecule has 6 heteroatoms. The first kappa shape index (κ1) is 12.6. The van der Waals surface area contributed by atoms with Crippen molar-refractivity contribution in [3.05, 3.63) is 23.2 Å². The maximum absolute atomic E-state index is 10.7. The number of anilines is 1. The molecule has 5 nitrogen and oxygen atoms in total. The SMILES string of the molecule is NC(=O)Nc1cc(Cl)ccc1OCCCO. The molecule has 0 heterocycles. The molecule has 0 radical (unpaired) electrons. The molecule has 0 aliphatic heterocycles. The van der Waals surface area contributed by atoms with Gasteiger partial charge in [-0.15, -0.1) is 0 Å². The Morgan fingerprint density at radius 1 is 1.56 bits per heavy atom. The molecule has 1 rings (SSSR count). The smallest absolute Gasteiger partial charge is 0.316 e. The van der Waals surface area contributed by atoms with Gasteiger partial charge in [-0.2, -0.15) is 0 Å². The lowest BCUT2D eigenvalue weighted by Gasteiger charge is -2.11. The summed E-state index contributed by atoms with van der Waals surface area (Å²) < 4.78 is 5.34. The minimum atomic E-state index is -0.686. The summed E-state index contributed by atoms with van der Waals surface area (Å²) in [7, 11) is 0. The van der Waals surface area contributed by atoms with Crippen LogP contribution in [0, 0.1) is 0 Å². The third kappa shape index (κ3) is 3.96. The number of carbonyl (C=O) groups excluding carboxylic acids is 1. The van der Waals surface area contributed by atoms with Gasteiger partial charge < -0.3 is 20.9 Å². The minimum absolute atomic E-state index is 0.0478. The molecule has 0 fully saturated rings. The Hall–Kier alpha value is -1.46. The normalized spacial score (nSPS) is 9.88. The Morgan fingerprint density at radius 3 is 2.94 bits per heavy atom. The number of hydrogen-bond donors (Lipinski definition) is 3. The zero-order valence-corrected chi connectivity index (χ0v) is 9.33. The number of rotatable bonds is 5. The summed E-state index contributed by atoms with van der Waals surface area (Å²) >= 11 is 5.77. The van der Waals surface area contributed by atoms with E-state index in [-0.39, 0.29) is 6.61 Å². The third-order valence-electron chi connectivity index (χ3n) is 1.76. The number of halogens is 1. The molecule has 0 atom stereocenters. The van der Waals surface area contributed by atoms with Gasteiger partial charge in [0.2, 0.25) is 0 Å². The molecule has 0 unspecified atom stereocenters. The maximum Gasteiger partial charge on any atom is 0.316 e. The number of ether oxygens (including phenoxy) is 1. The van der Waals surface area contributed by atoms with E-state index in [1.165, 1.54) is 0 Å². The first-order chi connectivity index (χ1) is 7.63. The first-order valence-electron chi connectivity index (χ1n) is 4.73. The summed E-state index contributed by atoms with van der Waals surface area (Å²) in [5.41, 5.74) is 5.42. The van der Waals surface area contributed by atoms with Gasteiger partial charge in [-0.25, -0.2) is 4.79 Å². The van der Waals surface area contributed by atoms with E-state index in [1.54, 1.807) is 18.2 Å². The Morgan fingerprint density at radius 2 is 2.31 bits per heavy atom. The minimum Gasteiger partial charge on any atom is -0.491 e. The summed E-state index contributed by atoms with van der Waals surface area (Å²) in [6.07, 6.45) is 0.513. The zero-order chi connectivity index (χ0) is 12.0. The molecule has 0 saturated heterocycles. The van der Waals surface area contributed by atoms with E-state index in [0.717, 1.165) is 0 Å². The van der Waals surface area contributed by atoms with Crippen molar-refractivity contribution in [1.29, 1.82) is 0 Å². The van der Waals surface area contributed by atoms with Crippen LogP contribution in [-0.2, 0) is 0 Å². The van der Waals surface area contributed by atoms with Crippen LogP contribution in [0.5, 0.6) is 5.75 Å². The monoisotopic (exact) mass is 244 g/mol. The van der Waals surface area contributed by atoms with Crippen LogP contribution in [0.4, 0.5) is 10.5 Å². The Balaban J connectivity index is 2.76. The molecule has 0 saturated carbocycles. The highest BCUT2D eigenvalue weighted by atomic mass is 35.5. The van der Waals surface area contributed by atoms with Crippen LogP contribution in [0.3, 0.4) is 0 Å². The van der Waals surface area contributed by atoms with Crippen molar-refractivity contribution in [3.8, 4) is 5.75 Å². The third-order valence-corrected chi connectivity index (χ3v) is 1.99. The number of hydrogen-bond acceptors (Lipinski definition) is 3. The van der Waals surface area contributed by atoms with Gasteiger partial charge in [-0.05, 0) is 18.2 Å². The molecule has 4 N–H and O–H groups in total. The quantitative estimate of drug-likeness (QED) is 0.688. The number of nitrogens with one attached hydrogen (secondary N) is 1. The molecule has 2 amide bonds. The van der Waals surface area contributed by atoms with E-state index < -0.39 is 6.03 Å². The average Bonchev–Trinajstić information content (AvgIpc) is 2.20. The molecule has 0 aliphatic rings. The zero-order valence-electron chi connectivity index (χ0n) is 8.57. The van der Waals surface area contributed by atoms with Crippen LogP contribution in [-0.4, -0.2) is 24.4 Å². The largest absolute Gasteiger partial charge is 0.491 e. The Kier molecular flexibility index (Phi) is 4.88. The van der Waals surface area contributed by atoms with Crippen molar-refractivity contribution in [1.82, 2.24) is 0 Å². The number of carbonyl (C=O) groups is 1. The molecule has 1 aromatic rings. The summed E-state index contributed by atoms with van der Waals surface area (Å²) in [5.74, 6) is 0.469. The van der Waals surface area contributed by atoms with Crippen molar-refractivity contribution in [3.63, 3.8) is 0 Å². The van der Waals surface area contributed by atoms with E-state index in [4.69, 9.17) is 27.2 Å². The predicted octanol–water partition coefficient (Wildman–Crippen LogP) is 1.59. The van der Waals surface area contributed by atoms with Gasteiger partial charge in [-0.1, -0.05) is 11.6 Å². The fraction of sp³-hybridized carbons (Fsp3) is 0.300. The second kappa shape index (κ2) is 6.19. The first-order valence-corrected chi connectivity index (χ1v) is 5.11. The van der Waals surface area contributed by atoms with E-state index >= 15 is 0 Å². The fourth-order valence-electron chi connectivity index (χ4n) is 1.11. The van der Waals surface area contributed by atoms with Crippen molar-refractivity contribution in [2.24, 2.45) is 5.73 Å². The lowest BCUT2D eigenvalue weighted by atomic mass is 10.3. The van der Waals surface area contributed by atoms with Crippen molar-refractivity contribution >= 4 is 23.3 Å². The van der Waals surface area contributed by atoms with Crippen LogP contribution in [0.15, 0.2) is 18.2 Å². The fourth-order valence-corrected chi connectivity index (χ4v) is 1.28. The van der Waals surface area contributed by atoms with Crippen LogP contribution >= 0.6 is 11.6 Å². The van der Waals surface area contributed by atoms with Crippen LogP contribution in [0.1, 0.15) is 6.42 Å². The second-order valence-corrected chi connectivity index (χ2v) is 3.49. The molecule has 0 bridgehead atoms. The summed E-state index contributed by atoms with van der Waals surface area (Å²) in [6.45, 7) is 0.401. The molecule has 0 spiro atoms. The van der Waals surface area contributed by atoms with Crippen LogP contribution in [0.2, 0.25) is 5.02 Å². The van der Waals surface area contributed by atoms with E-state index in [2.05, 4.69) is 5.32 Å². The summed E-state index contributed by atoms with van der Waals surface area (Å²) in [6, 6.07) is 4.13. The van der Waals surface area contributed by atoms with Gasteiger partial charge in [0.1, 0.15) is 5.75 Å². The predicted molar refractivity (Wildman–Crippen MR) is 61.9 cm³/mol. The topological polar surface area (TPSA) is 84.6 Å². The van der Waals surface area contributed by atoms with E-state index in [9.17, 15) is 4.79 Å². The summed E-state index contributed by atoms with van der Waals surface area (Å²) in [4.78, 5) is 10.7. The molecule has 1 aromatic carbocycles. The second-order valence-electron chi connectivity index (χ2n) is 3.06. The molecule has 0 aliphatic carbocycles. The molecule has 0 aromatic heterocycles. The molecule has 88 valence electrons. The summed E-state index contributed by atoms with van der Waals surface area (Å²) in [5, 5.41) is 11.5. The van der Waals surface area contributed by atoms with Gasteiger partial charge in [0.05, 0.1) is 12.3 Å². The number of benzene rings is 1. The Labute approximate surface area is 98.2 Å². The van der Waals surface area contributed by atoms with Gasteiger partial charge in [-0.3, -0.25) is 0 Å². The van der Waals surface area contributed by atoms with Crippen molar-refractivity contribution in [2.75, 3.05) is 18.5 Å². The molecular formula is C10H13ClN2O3. The van der Waals surface area contributed by atoms with Gasteiger partial charge in [0.15, 0.2) is 0 Å². The van der Waals surface area contributed by atoms with Gasteiger partial charge in [0.25, 0.3) is 0 Å². The number of amides is 2. The number of nitrogens with two attached hydrogens (primary N) is 1. The highest BCUT2D eigenvalue weighted by Gasteiger charge is 2.06. The van der Waals surface area contributed by atoms with E-state index in [1.807, 2.05) is 0 Å². The highest BCUT2D eigenvalue weighted by Crippen LogP contribution is 2.27. The Bertz CT molecular complexity index is 371. The van der Waals surface area contributed by atoms with Crippen LogP contribution < -0.4 is 15.8 Å². The number of aliphatic hydroxyl groups excluding tert-OH is 1. The van der Waals surface area contributed by atoms with Crippen molar-refractivity contribution in [2.45, 2.75) is 6.42 Å². The van der Waals surface area contributed by atoms with E-state index in [0.29, 0.717) is 29.5 Å². The maximum atomic E-state index is 10.7. The highest BCUT2D eigenvalue weighted by molar-refractivity contribution is 6.31. The molecule has 16 heavy (non-hydrogen) atoms. The number of urea groups is 1. The molecular weight excluding hydrogens is 232 g/mol. The lowest BCUT2D eigenvalue weighted by Crippen LogP contribution is -2.20. The van der Waals surface area contributed by atoms with Crippen molar-refractivity contribution < 1.29 is 14.6 Å². The van der Waals surface area contributed by atoms with Gasteiger partial charge >= 0.3 is 6.03 Å². The number of primary amides is 1. The average molecular weight is 245 g/mol. The van der Waals surface area contributed by atoms with Crippen LogP contribution in [0.25, 0.3) is 0 Å².